The topological polar surface area (TPSA) is 86.7 Å². The summed E-state index contributed by atoms with van der Waals surface area (Å²) in [5.74, 6) is 0.294. The van der Waals surface area contributed by atoms with Crippen LogP contribution in [0.5, 0.6) is 11.5 Å². The van der Waals surface area contributed by atoms with Crippen LogP contribution in [0.3, 0.4) is 0 Å². The van der Waals surface area contributed by atoms with Gasteiger partial charge in [0.1, 0.15) is 11.5 Å². The van der Waals surface area contributed by atoms with Crippen molar-refractivity contribution in [3.8, 4) is 11.5 Å². The zero-order valence-corrected chi connectivity index (χ0v) is 9.52. The molecule has 0 heterocycles. The van der Waals surface area contributed by atoms with E-state index >= 15 is 0 Å². The van der Waals surface area contributed by atoms with Gasteiger partial charge in [-0.1, -0.05) is 0 Å². The maximum atomic E-state index is 9.81. The van der Waals surface area contributed by atoms with Crippen molar-refractivity contribution in [2.75, 3.05) is 0 Å². The molecule has 4 nitrogen and oxygen atoms in total. The van der Waals surface area contributed by atoms with Gasteiger partial charge in [0.25, 0.3) is 0 Å². The Morgan fingerprint density at radius 3 is 2.44 bits per heavy atom. The molecule has 0 amide bonds. The van der Waals surface area contributed by atoms with Gasteiger partial charge >= 0.3 is 0 Å². The lowest BCUT2D eigenvalue weighted by Crippen LogP contribution is -2.27. The van der Waals surface area contributed by atoms with Crippen LogP contribution >= 0.6 is 12.4 Å². The molecule has 90 valence electrons. The molecule has 0 aromatic heterocycles. The number of halogens is 1. The molecule has 1 aromatic carbocycles. The number of hydrogen-bond acceptors (Lipinski definition) is 4. The van der Waals surface area contributed by atoms with Crippen LogP contribution in [0.4, 0.5) is 0 Å². The van der Waals surface area contributed by atoms with Gasteiger partial charge in [-0.05, 0) is 37.0 Å². The monoisotopic (exact) mass is 245 g/mol. The molecule has 1 saturated carbocycles. The molecule has 16 heavy (non-hydrogen) atoms. The maximum Gasteiger partial charge on any atom is 0.120 e. The summed E-state index contributed by atoms with van der Waals surface area (Å²) in [4.78, 5) is 0. The predicted octanol–water partition coefficient (Wildman–Crippen LogP) is 1.29. The first kappa shape index (κ1) is 13.1. The quantitative estimate of drug-likeness (QED) is 0.605. The van der Waals surface area contributed by atoms with Gasteiger partial charge in [-0.2, -0.15) is 0 Å². The molecule has 0 aliphatic heterocycles. The van der Waals surface area contributed by atoms with Crippen LogP contribution in [0.1, 0.15) is 24.4 Å². The second-order valence-electron chi connectivity index (χ2n) is 4.10. The summed E-state index contributed by atoms with van der Waals surface area (Å²) in [6.45, 7) is 0. The predicted molar refractivity (Wildman–Crippen MR) is 62.7 cm³/mol. The van der Waals surface area contributed by atoms with Crippen molar-refractivity contribution in [2.24, 2.45) is 11.7 Å². The minimum atomic E-state index is -0.641. The van der Waals surface area contributed by atoms with Crippen molar-refractivity contribution < 1.29 is 15.3 Å². The molecule has 2 atom stereocenters. The number of nitrogens with two attached hydrogens (primary N) is 1. The smallest absolute Gasteiger partial charge is 0.120 e. The summed E-state index contributed by atoms with van der Waals surface area (Å²) in [6, 6.07) is 3.52. The highest BCUT2D eigenvalue weighted by atomic mass is 35.5. The van der Waals surface area contributed by atoms with Crippen LogP contribution < -0.4 is 5.73 Å². The molecule has 0 spiro atoms. The third-order valence-electron chi connectivity index (χ3n) is 2.84. The van der Waals surface area contributed by atoms with Crippen LogP contribution in [-0.2, 0) is 0 Å². The Morgan fingerprint density at radius 2 is 1.88 bits per heavy atom. The van der Waals surface area contributed by atoms with Crippen molar-refractivity contribution in [2.45, 2.75) is 25.0 Å². The van der Waals surface area contributed by atoms with E-state index in [4.69, 9.17) is 5.73 Å². The Kier molecular flexibility index (Phi) is 4.02. The number of aromatic hydroxyl groups is 2. The van der Waals surface area contributed by atoms with Gasteiger partial charge in [-0.15, -0.1) is 12.4 Å². The van der Waals surface area contributed by atoms with Gasteiger partial charge in [0.15, 0.2) is 0 Å². The highest BCUT2D eigenvalue weighted by Crippen LogP contribution is 2.39. The van der Waals surface area contributed by atoms with Crippen molar-refractivity contribution in [1.82, 2.24) is 0 Å². The molecule has 1 aromatic rings. The van der Waals surface area contributed by atoms with E-state index < -0.39 is 12.1 Å². The first-order valence-corrected chi connectivity index (χ1v) is 5.05. The van der Waals surface area contributed by atoms with Gasteiger partial charge < -0.3 is 21.1 Å². The van der Waals surface area contributed by atoms with E-state index in [9.17, 15) is 15.3 Å². The average molecular weight is 246 g/mol. The van der Waals surface area contributed by atoms with Gasteiger partial charge in [0.05, 0.1) is 12.1 Å². The highest BCUT2D eigenvalue weighted by Gasteiger charge is 2.35. The van der Waals surface area contributed by atoms with Crippen molar-refractivity contribution >= 4 is 12.4 Å². The first-order chi connectivity index (χ1) is 7.09. The SMILES string of the molecule is Cl.N[C@@H](c1cc(O)ccc1O)[C@H](O)C1CC1. The molecule has 0 bridgehead atoms. The summed E-state index contributed by atoms with van der Waals surface area (Å²) >= 11 is 0. The van der Waals surface area contributed by atoms with Crippen molar-refractivity contribution in [3.05, 3.63) is 23.8 Å². The lowest BCUT2D eigenvalue weighted by molar-refractivity contribution is 0.121. The fourth-order valence-electron chi connectivity index (χ4n) is 1.72. The number of aliphatic hydroxyl groups is 1. The number of phenols is 2. The largest absolute Gasteiger partial charge is 0.508 e. The standard InChI is InChI=1S/C11H15NO3.ClH/c12-10(11(15)6-1-2-6)8-5-7(13)3-4-9(8)14;/h3-6,10-11,13-15H,1-2,12H2;1H/t10-,11+;/m0./s1. The van der Waals surface area contributed by atoms with Crippen molar-refractivity contribution in [3.63, 3.8) is 0 Å². The van der Waals surface area contributed by atoms with Crippen molar-refractivity contribution in [1.29, 1.82) is 0 Å². The third-order valence-corrected chi connectivity index (χ3v) is 2.84. The molecule has 0 saturated heterocycles. The van der Waals surface area contributed by atoms with Gasteiger partial charge in [-0.25, -0.2) is 0 Å². The average Bonchev–Trinajstić information content (AvgIpc) is 3.03. The molecule has 2 rings (SSSR count). The Bertz CT molecular complexity index is 368. The minimum Gasteiger partial charge on any atom is -0.508 e. The second kappa shape index (κ2) is 4.91. The van der Waals surface area contributed by atoms with E-state index in [1.807, 2.05) is 0 Å². The third kappa shape index (κ3) is 2.58. The van der Waals surface area contributed by atoms with Crippen LogP contribution in [-0.4, -0.2) is 21.4 Å². The van der Waals surface area contributed by atoms with Crippen LogP contribution in [0.25, 0.3) is 0 Å². The van der Waals surface area contributed by atoms with E-state index in [0.29, 0.717) is 5.56 Å². The molecule has 5 N–H and O–H groups in total. The number of phenolic OH excluding ortho intramolecular Hbond substituents is 2. The second-order valence-corrected chi connectivity index (χ2v) is 4.10. The maximum absolute atomic E-state index is 9.81. The first-order valence-electron chi connectivity index (χ1n) is 5.05. The zero-order valence-electron chi connectivity index (χ0n) is 8.71. The summed E-state index contributed by atoms with van der Waals surface area (Å²) in [5, 5.41) is 28.6. The number of aliphatic hydroxyl groups excluding tert-OH is 1. The molecule has 1 aliphatic carbocycles. The Labute approximate surface area is 100 Å². The number of benzene rings is 1. The molecule has 1 fully saturated rings. The molecular formula is C11H16ClNO3. The summed E-state index contributed by atoms with van der Waals surface area (Å²) in [5.41, 5.74) is 6.23. The van der Waals surface area contributed by atoms with E-state index in [-0.39, 0.29) is 29.8 Å². The molecular weight excluding hydrogens is 230 g/mol. The lowest BCUT2D eigenvalue weighted by Gasteiger charge is -2.19. The van der Waals surface area contributed by atoms with Crippen LogP contribution in [0.15, 0.2) is 18.2 Å². The molecule has 0 radical (unpaired) electrons. The van der Waals surface area contributed by atoms with Gasteiger partial charge in [0, 0.05) is 5.56 Å². The van der Waals surface area contributed by atoms with E-state index in [2.05, 4.69) is 0 Å². The molecule has 1 aliphatic rings. The fourth-order valence-corrected chi connectivity index (χ4v) is 1.72. The van der Waals surface area contributed by atoms with E-state index in [0.717, 1.165) is 12.8 Å². The van der Waals surface area contributed by atoms with Crippen LogP contribution in [0, 0.1) is 5.92 Å². The number of hydrogen-bond donors (Lipinski definition) is 4. The fraction of sp³-hybridized carbons (Fsp3) is 0.455. The highest BCUT2D eigenvalue weighted by molar-refractivity contribution is 5.85. The van der Waals surface area contributed by atoms with Crippen LogP contribution in [0.2, 0.25) is 0 Å². The molecule has 5 heteroatoms. The summed E-state index contributed by atoms with van der Waals surface area (Å²) in [7, 11) is 0. The van der Waals surface area contributed by atoms with Gasteiger partial charge in [-0.3, -0.25) is 0 Å². The summed E-state index contributed by atoms with van der Waals surface area (Å²) in [6.07, 6.45) is 1.32. The van der Waals surface area contributed by atoms with E-state index in [1.165, 1.54) is 18.2 Å². The Morgan fingerprint density at radius 1 is 1.25 bits per heavy atom. The Balaban J connectivity index is 0.00000128. The van der Waals surface area contributed by atoms with Gasteiger partial charge in [0.2, 0.25) is 0 Å². The minimum absolute atomic E-state index is 0. The number of rotatable bonds is 3. The normalized spacial score (nSPS) is 18.6. The molecule has 0 unspecified atom stereocenters. The summed E-state index contributed by atoms with van der Waals surface area (Å²) < 4.78 is 0. The lowest BCUT2D eigenvalue weighted by atomic mass is 9.98. The zero-order chi connectivity index (χ0) is 11.0. The Hall–Kier alpha value is -0.970. The van der Waals surface area contributed by atoms with E-state index in [1.54, 1.807) is 0 Å².